The highest BCUT2D eigenvalue weighted by Gasteiger charge is 2.39. The van der Waals surface area contributed by atoms with Crippen LogP contribution in [0.2, 0.25) is 0 Å². The smallest absolute Gasteiger partial charge is 0.412 e. The second-order valence-corrected chi connectivity index (χ2v) is 1.29. The number of hydrogen-bond donors (Lipinski definition) is 0. The molecule has 0 aromatic rings. The first-order valence-corrected chi connectivity index (χ1v) is 2.27. The largest absolute Gasteiger partial charge is 0.844 e. The Bertz CT molecular complexity index is 24.0. The van der Waals surface area contributed by atoms with Crippen molar-refractivity contribution in [1.29, 1.82) is 0 Å². The molecule has 0 atom stereocenters. The summed E-state index contributed by atoms with van der Waals surface area (Å²) in [6.45, 7) is 0. The zero-order valence-electron chi connectivity index (χ0n) is 3.33. The van der Waals surface area contributed by atoms with E-state index in [0.29, 0.717) is 0 Å². The molecule has 0 rings (SSSR count). The van der Waals surface area contributed by atoms with Gasteiger partial charge in [0.25, 0.3) is 0 Å². The SMILES string of the molecule is F.F.F[Si](F)(F)F.O. The molecule has 0 amide bonds. The lowest BCUT2D eigenvalue weighted by molar-refractivity contribution is 0.368. The maximum atomic E-state index is 9.83. The molecule has 0 bridgehead atoms. The number of halogens is 6. The number of rotatable bonds is 0. The van der Waals surface area contributed by atoms with Crippen molar-refractivity contribution in [2.75, 3.05) is 0 Å². The Hall–Kier alpha value is -0.243. The van der Waals surface area contributed by atoms with E-state index in [1.807, 2.05) is 0 Å². The molecule has 0 heterocycles. The van der Waals surface area contributed by atoms with Gasteiger partial charge in [0.15, 0.2) is 0 Å². The highest BCUT2D eigenvalue weighted by atomic mass is 28.5. The molecule has 0 saturated carbocycles. The molecule has 8 heavy (non-hydrogen) atoms. The van der Waals surface area contributed by atoms with E-state index in [4.69, 9.17) is 0 Å². The average Bonchev–Trinajstić information content (AvgIpc) is 0.722. The minimum absolute atomic E-state index is 0. The fourth-order valence-corrected chi connectivity index (χ4v) is 0. The Labute approximate surface area is 42.1 Å². The van der Waals surface area contributed by atoms with Gasteiger partial charge >= 0.3 is 9.41 Å². The standard InChI is InChI=1S/F4Si.2FH.H2O/c1-5(2,3)4;;;/h;2*1H;1H2. The van der Waals surface area contributed by atoms with Crippen LogP contribution < -0.4 is 0 Å². The van der Waals surface area contributed by atoms with Gasteiger partial charge in [-0.15, -0.1) is 0 Å². The summed E-state index contributed by atoms with van der Waals surface area (Å²) >= 11 is 0. The lowest BCUT2D eigenvalue weighted by Crippen LogP contribution is -2.02. The highest BCUT2D eigenvalue weighted by Crippen LogP contribution is 2.06. The van der Waals surface area contributed by atoms with Crippen molar-refractivity contribution in [3.05, 3.63) is 0 Å². The predicted molar refractivity (Wildman–Crippen MR) is 18.8 cm³/mol. The van der Waals surface area contributed by atoms with Gasteiger partial charge in [-0.2, -0.15) is 0 Å². The van der Waals surface area contributed by atoms with Gasteiger partial charge in [0.1, 0.15) is 0 Å². The van der Waals surface area contributed by atoms with Gasteiger partial charge in [-0.3, -0.25) is 9.41 Å². The van der Waals surface area contributed by atoms with E-state index >= 15 is 0 Å². The summed E-state index contributed by atoms with van der Waals surface area (Å²) in [6, 6.07) is 0. The van der Waals surface area contributed by atoms with Crippen molar-refractivity contribution in [2.45, 2.75) is 0 Å². The topological polar surface area (TPSA) is 31.5 Å². The molecule has 8 heteroatoms. The van der Waals surface area contributed by atoms with Crippen molar-refractivity contribution in [2.24, 2.45) is 0 Å². The molecule has 0 aromatic heterocycles. The molecule has 1 nitrogen and oxygen atoms in total. The molecule has 0 aliphatic rings. The van der Waals surface area contributed by atoms with Gasteiger partial charge in [-0.05, 0) is 0 Å². The van der Waals surface area contributed by atoms with Crippen LogP contribution in [0, 0.1) is 0 Å². The quantitative estimate of drug-likeness (QED) is 0.286. The highest BCUT2D eigenvalue weighted by molar-refractivity contribution is 6.50. The van der Waals surface area contributed by atoms with Gasteiger partial charge in [-0.1, -0.05) is 0 Å². The third-order valence-corrected chi connectivity index (χ3v) is 0. The van der Waals surface area contributed by atoms with Crippen molar-refractivity contribution in [3.63, 3.8) is 0 Å². The lowest BCUT2D eigenvalue weighted by atomic mass is 16.0. The van der Waals surface area contributed by atoms with E-state index in [-0.39, 0.29) is 14.9 Å². The van der Waals surface area contributed by atoms with E-state index in [2.05, 4.69) is 0 Å². The van der Waals surface area contributed by atoms with Crippen LogP contribution in [0.25, 0.3) is 0 Å². The van der Waals surface area contributed by atoms with Crippen LogP contribution in [0.5, 0.6) is 0 Å². The average molecular weight is 162 g/mol. The Morgan fingerprint density at radius 3 is 0.750 bits per heavy atom. The van der Waals surface area contributed by atoms with Crippen molar-refractivity contribution in [3.8, 4) is 0 Å². The van der Waals surface area contributed by atoms with Gasteiger partial charge in [0.05, 0.1) is 0 Å². The molecule has 0 saturated heterocycles. The molecular formula is H4F6OSi. The van der Waals surface area contributed by atoms with Crippen LogP contribution in [0.1, 0.15) is 0 Å². The van der Waals surface area contributed by atoms with Gasteiger partial charge in [-0.25, -0.2) is 16.4 Å². The summed E-state index contributed by atoms with van der Waals surface area (Å²) in [5.74, 6) is 0. The van der Waals surface area contributed by atoms with E-state index in [1.54, 1.807) is 0 Å². The van der Waals surface area contributed by atoms with Gasteiger partial charge in [0.2, 0.25) is 0 Å². The lowest BCUT2D eigenvalue weighted by Gasteiger charge is -1.75. The van der Waals surface area contributed by atoms with Crippen LogP contribution in [-0.2, 0) is 0 Å². The monoisotopic (exact) mass is 162 g/mol. The molecule has 0 radical (unpaired) electrons. The molecule has 0 aliphatic heterocycles. The maximum absolute atomic E-state index is 9.83. The Balaban J connectivity index is -0.0000000267. The maximum Gasteiger partial charge on any atom is 0.844 e. The first-order chi connectivity index (χ1) is 2.00. The predicted octanol–water partition coefficient (Wildman–Crippen LogP) is 0.780. The Kier molecular flexibility index (Phi) is 21.2. The van der Waals surface area contributed by atoms with Crippen molar-refractivity contribution >= 4 is 9.41 Å². The fraction of sp³-hybridized carbons (Fsp3) is 0. The summed E-state index contributed by atoms with van der Waals surface area (Å²) in [7, 11) is -6.61. The molecule has 0 unspecified atom stereocenters. The summed E-state index contributed by atoms with van der Waals surface area (Å²) in [6.07, 6.45) is 0. The molecule has 0 fully saturated rings. The molecule has 0 spiro atoms. The van der Waals surface area contributed by atoms with Crippen molar-refractivity contribution < 1.29 is 31.3 Å². The molecule has 2 N–H and O–H groups in total. The summed E-state index contributed by atoms with van der Waals surface area (Å²) < 4.78 is 39.3. The van der Waals surface area contributed by atoms with E-state index < -0.39 is 9.41 Å². The van der Waals surface area contributed by atoms with Crippen LogP contribution in [0.4, 0.5) is 25.8 Å². The molecule has 0 aliphatic carbocycles. The van der Waals surface area contributed by atoms with E-state index in [1.165, 1.54) is 0 Å². The first kappa shape index (κ1) is 25.1. The summed E-state index contributed by atoms with van der Waals surface area (Å²) in [5.41, 5.74) is 0. The van der Waals surface area contributed by atoms with Gasteiger partial charge in [0, 0.05) is 0 Å². The zero-order chi connectivity index (χ0) is 4.50. The van der Waals surface area contributed by atoms with E-state index in [9.17, 15) is 16.4 Å². The van der Waals surface area contributed by atoms with Crippen LogP contribution in [0.15, 0.2) is 0 Å². The van der Waals surface area contributed by atoms with Crippen LogP contribution in [-0.4, -0.2) is 14.9 Å². The second-order valence-electron chi connectivity index (χ2n) is 0.429. The van der Waals surface area contributed by atoms with Gasteiger partial charge < -0.3 is 5.48 Å². The van der Waals surface area contributed by atoms with Crippen LogP contribution in [0.3, 0.4) is 0 Å². The Morgan fingerprint density at radius 2 is 0.750 bits per heavy atom. The van der Waals surface area contributed by atoms with Crippen molar-refractivity contribution in [1.82, 2.24) is 0 Å². The first-order valence-electron chi connectivity index (χ1n) is 0.756. The minimum Gasteiger partial charge on any atom is -0.412 e. The molecule has 56 valence electrons. The molecule has 0 aromatic carbocycles. The normalized spacial score (nSPS) is 7.50. The minimum atomic E-state index is -6.61. The fourth-order valence-electron chi connectivity index (χ4n) is 0. The zero-order valence-corrected chi connectivity index (χ0v) is 4.33. The third kappa shape index (κ3) is 2200. The van der Waals surface area contributed by atoms with Crippen LogP contribution >= 0.6 is 0 Å². The summed E-state index contributed by atoms with van der Waals surface area (Å²) in [4.78, 5) is 0. The number of hydrogen-bond acceptors (Lipinski definition) is 0. The second kappa shape index (κ2) is 6.76. The summed E-state index contributed by atoms with van der Waals surface area (Å²) in [5, 5.41) is 0. The Morgan fingerprint density at radius 1 is 0.750 bits per heavy atom. The molecular weight excluding hydrogens is 158 g/mol. The van der Waals surface area contributed by atoms with E-state index in [0.717, 1.165) is 0 Å². The third-order valence-electron chi connectivity index (χ3n) is 0.